The maximum atomic E-state index is 14.5. The smallest absolute Gasteiger partial charge is 0.147 e. The van der Waals surface area contributed by atoms with Gasteiger partial charge in [-0.1, -0.05) is 24.3 Å². The molecule has 2 nitrogen and oxygen atoms in total. The average Bonchev–Trinajstić information content (AvgIpc) is 2.43. The van der Waals surface area contributed by atoms with E-state index in [2.05, 4.69) is 0 Å². The van der Waals surface area contributed by atoms with E-state index in [1.54, 1.807) is 6.07 Å². The van der Waals surface area contributed by atoms with Crippen molar-refractivity contribution in [2.45, 2.75) is 33.2 Å². The minimum atomic E-state index is -0.196. The number of nitrogens with zero attached hydrogens (tertiary/aromatic N) is 1. The van der Waals surface area contributed by atoms with Crippen LogP contribution in [0.25, 0.3) is 0 Å². The van der Waals surface area contributed by atoms with Crippen LogP contribution >= 0.6 is 0 Å². The van der Waals surface area contributed by atoms with E-state index in [-0.39, 0.29) is 11.9 Å². The third-order valence-corrected chi connectivity index (χ3v) is 3.58. The molecule has 0 aromatic heterocycles. The first-order valence-electron chi connectivity index (χ1n) is 7.40. The highest BCUT2D eigenvalue weighted by molar-refractivity contribution is 5.66. The fourth-order valence-electron chi connectivity index (χ4n) is 2.60. The molecule has 0 heterocycles. The van der Waals surface area contributed by atoms with E-state index in [0.717, 1.165) is 16.8 Å². The summed E-state index contributed by atoms with van der Waals surface area (Å²) in [5, 5.41) is 0. The van der Waals surface area contributed by atoms with Crippen LogP contribution in [0.1, 0.15) is 25.0 Å². The van der Waals surface area contributed by atoms with Gasteiger partial charge < -0.3 is 10.6 Å². The standard InChI is InChI=1S/C18H23FN2/c1-4-21(17-8-6-5-7-13(17)2)18-10-9-15(11-14(3)20)12-16(18)19/h5-10,12,14H,4,11,20H2,1-3H3. The Hall–Kier alpha value is -1.87. The highest BCUT2D eigenvalue weighted by Gasteiger charge is 2.14. The Bertz CT molecular complexity index is 608. The van der Waals surface area contributed by atoms with E-state index < -0.39 is 0 Å². The average molecular weight is 286 g/mol. The first-order valence-corrected chi connectivity index (χ1v) is 7.40. The second-order valence-electron chi connectivity index (χ2n) is 5.50. The van der Waals surface area contributed by atoms with Crippen molar-refractivity contribution >= 4 is 11.4 Å². The van der Waals surface area contributed by atoms with Crippen LogP contribution in [0.4, 0.5) is 15.8 Å². The quantitative estimate of drug-likeness (QED) is 0.893. The molecule has 2 aromatic rings. The number of aryl methyl sites for hydroxylation is 1. The number of nitrogens with two attached hydrogens (primary N) is 1. The summed E-state index contributed by atoms with van der Waals surface area (Å²) in [5.74, 6) is -0.196. The minimum Gasteiger partial charge on any atom is -0.339 e. The minimum absolute atomic E-state index is 0.0360. The van der Waals surface area contributed by atoms with Crippen molar-refractivity contribution in [2.75, 3.05) is 11.4 Å². The number of para-hydroxylation sites is 1. The molecule has 2 aromatic carbocycles. The molecule has 2 rings (SSSR count). The Morgan fingerprint density at radius 1 is 1.14 bits per heavy atom. The molecule has 0 saturated carbocycles. The highest BCUT2D eigenvalue weighted by Crippen LogP contribution is 2.30. The fraction of sp³-hybridized carbons (Fsp3) is 0.333. The van der Waals surface area contributed by atoms with Crippen LogP contribution in [-0.4, -0.2) is 12.6 Å². The number of anilines is 2. The summed E-state index contributed by atoms with van der Waals surface area (Å²) in [6.45, 7) is 6.72. The van der Waals surface area contributed by atoms with Crippen LogP contribution in [0.3, 0.4) is 0 Å². The van der Waals surface area contributed by atoms with Gasteiger partial charge in [-0.3, -0.25) is 0 Å². The van der Waals surface area contributed by atoms with Crippen molar-refractivity contribution in [3.63, 3.8) is 0 Å². The number of hydrogen-bond acceptors (Lipinski definition) is 2. The van der Waals surface area contributed by atoms with Gasteiger partial charge in [0.1, 0.15) is 5.82 Å². The van der Waals surface area contributed by atoms with E-state index in [1.165, 1.54) is 0 Å². The van der Waals surface area contributed by atoms with Gasteiger partial charge in [0, 0.05) is 18.3 Å². The first-order chi connectivity index (χ1) is 10.0. The van der Waals surface area contributed by atoms with E-state index in [1.807, 2.05) is 62.1 Å². The lowest BCUT2D eigenvalue weighted by molar-refractivity contribution is 0.620. The Balaban J connectivity index is 2.37. The van der Waals surface area contributed by atoms with Gasteiger partial charge in [0.25, 0.3) is 0 Å². The van der Waals surface area contributed by atoms with Gasteiger partial charge in [0.2, 0.25) is 0 Å². The summed E-state index contributed by atoms with van der Waals surface area (Å²) in [4.78, 5) is 2.00. The van der Waals surface area contributed by atoms with Gasteiger partial charge in [-0.25, -0.2) is 4.39 Å². The van der Waals surface area contributed by atoms with Gasteiger partial charge in [-0.15, -0.1) is 0 Å². The molecule has 1 unspecified atom stereocenters. The molecule has 0 radical (unpaired) electrons. The zero-order valence-electron chi connectivity index (χ0n) is 12.9. The summed E-state index contributed by atoms with van der Waals surface area (Å²) >= 11 is 0. The monoisotopic (exact) mass is 286 g/mol. The lowest BCUT2D eigenvalue weighted by atomic mass is 10.1. The van der Waals surface area contributed by atoms with Gasteiger partial charge in [0.15, 0.2) is 0 Å². The molecular weight excluding hydrogens is 263 g/mol. The van der Waals surface area contributed by atoms with Crippen LogP contribution in [0.15, 0.2) is 42.5 Å². The molecule has 0 aliphatic heterocycles. The van der Waals surface area contributed by atoms with E-state index in [0.29, 0.717) is 18.7 Å². The SMILES string of the molecule is CCN(c1ccccc1C)c1ccc(CC(C)N)cc1F. The molecule has 0 amide bonds. The third-order valence-electron chi connectivity index (χ3n) is 3.58. The largest absolute Gasteiger partial charge is 0.339 e. The predicted molar refractivity (Wildman–Crippen MR) is 87.6 cm³/mol. The summed E-state index contributed by atoms with van der Waals surface area (Å²) in [7, 11) is 0. The van der Waals surface area contributed by atoms with Gasteiger partial charge in [-0.2, -0.15) is 0 Å². The van der Waals surface area contributed by atoms with Gasteiger partial charge in [0.05, 0.1) is 5.69 Å². The number of rotatable bonds is 5. The van der Waals surface area contributed by atoms with Crippen molar-refractivity contribution in [2.24, 2.45) is 5.73 Å². The molecule has 0 saturated heterocycles. The maximum Gasteiger partial charge on any atom is 0.147 e. The Kier molecular flexibility index (Phi) is 4.97. The first kappa shape index (κ1) is 15.5. The summed E-state index contributed by atoms with van der Waals surface area (Å²) in [6.07, 6.45) is 0.688. The second kappa shape index (κ2) is 6.72. The molecule has 2 N–H and O–H groups in total. The molecule has 0 aliphatic carbocycles. The molecule has 0 bridgehead atoms. The van der Waals surface area contributed by atoms with Crippen molar-refractivity contribution in [3.05, 3.63) is 59.4 Å². The molecule has 0 spiro atoms. The van der Waals surface area contributed by atoms with E-state index in [9.17, 15) is 4.39 Å². The molecule has 0 aliphatic rings. The van der Waals surface area contributed by atoms with Crippen LogP contribution in [0.2, 0.25) is 0 Å². The van der Waals surface area contributed by atoms with E-state index in [4.69, 9.17) is 5.73 Å². The van der Waals surface area contributed by atoms with E-state index >= 15 is 0 Å². The lowest BCUT2D eigenvalue weighted by Crippen LogP contribution is -2.20. The fourth-order valence-corrected chi connectivity index (χ4v) is 2.60. The van der Waals surface area contributed by atoms with Crippen molar-refractivity contribution in [3.8, 4) is 0 Å². The lowest BCUT2D eigenvalue weighted by Gasteiger charge is -2.26. The molecule has 1 atom stereocenters. The van der Waals surface area contributed by atoms with Crippen molar-refractivity contribution < 1.29 is 4.39 Å². The molecule has 3 heteroatoms. The maximum absolute atomic E-state index is 14.5. The summed E-state index contributed by atoms with van der Waals surface area (Å²) < 4.78 is 14.5. The van der Waals surface area contributed by atoms with Crippen LogP contribution in [-0.2, 0) is 6.42 Å². The number of hydrogen-bond donors (Lipinski definition) is 1. The normalized spacial score (nSPS) is 12.2. The van der Waals surface area contributed by atoms with Crippen LogP contribution in [0, 0.1) is 12.7 Å². The zero-order valence-corrected chi connectivity index (χ0v) is 12.9. The second-order valence-corrected chi connectivity index (χ2v) is 5.50. The summed E-state index contributed by atoms with van der Waals surface area (Å²) in [6, 6.07) is 13.5. The Morgan fingerprint density at radius 3 is 2.43 bits per heavy atom. The molecular formula is C18H23FN2. The highest BCUT2D eigenvalue weighted by atomic mass is 19.1. The van der Waals surface area contributed by atoms with Crippen LogP contribution < -0.4 is 10.6 Å². The number of benzene rings is 2. The van der Waals surface area contributed by atoms with Crippen LogP contribution in [0.5, 0.6) is 0 Å². The Labute approximate surface area is 126 Å². The topological polar surface area (TPSA) is 29.3 Å². The Morgan fingerprint density at radius 2 is 1.86 bits per heavy atom. The third kappa shape index (κ3) is 3.61. The van der Waals surface area contributed by atoms with Gasteiger partial charge >= 0.3 is 0 Å². The summed E-state index contributed by atoms with van der Waals surface area (Å²) in [5.41, 5.74) is 9.50. The number of halogens is 1. The molecule has 21 heavy (non-hydrogen) atoms. The van der Waals surface area contributed by atoms with Gasteiger partial charge in [-0.05, 0) is 56.5 Å². The predicted octanol–water partition coefficient (Wildman–Crippen LogP) is 4.18. The van der Waals surface area contributed by atoms with Crippen molar-refractivity contribution in [1.29, 1.82) is 0 Å². The molecule has 112 valence electrons. The molecule has 0 fully saturated rings. The zero-order chi connectivity index (χ0) is 15.4. The van der Waals surface area contributed by atoms with Crippen molar-refractivity contribution in [1.82, 2.24) is 0 Å².